The molecule has 0 aromatic carbocycles. The van der Waals surface area contributed by atoms with Gasteiger partial charge in [-0.3, -0.25) is 0 Å². The molecule has 1 nitrogen and oxygen atoms in total. The van der Waals surface area contributed by atoms with Crippen LogP contribution in [0.3, 0.4) is 0 Å². The highest BCUT2D eigenvalue weighted by Gasteiger charge is 2.14. The Kier molecular flexibility index (Phi) is 10.3. The summed E-state index contributed by atoms with van der Waals surface area (Å²) in [7, 11) is 0. The lowest BCUT2D eigenvalue weighted by atomic mass is 10.1. The van der Waals surface area contributed by atoms with Crippen LogP contribution in [0.15, 0.2) is 0 Å². The second-order valence-electron chi connectivity index (χ2n) is 5.31. The molecule has 1 aliphatic rings. The molecule has 1 rings (SSSR count). The molecular formula is C15H31NS. The van der Waals surface area contributed by atoms with Gasteiger partial charge in [-0.25, -0.2) is 0 Å². The molecule has 1 N–H and O–H groups in total. The fraction of sp³-hybridized carbons (Fsp3) is 1.00. The van der Waals surface area contributed by atoms with Crippen molar-refractivity contribution >= 4 is 11.8 Å². The molecule has 0 aliphatic carbocycles. The van der Waals surface area contributed by atoms with Crippen LogP contribution in [0.2, 0.25) is 0 Å². The third-order valence-corrected chi connectivity index (χ3v) is 5.00. The average molecular weight is 257 g/mol. The summed E-state index contributed by atoms with van der Waals surface area (Å²) in [6.45, 7) is 4.78. The van der Waals surface area contributed by atoms with Gasteiger partial charge < -0.3 is 5.32 Å². The standard InChI is InChI=1S/C15H31NS/c1-2-3-4-5-6-7-8-9-12-16-14-15-11-10-13-17-15/h15-16H,2-14H2,1H3. The van der Waals surface area contributed by atoms with Gasteiger partial charge in [0.1, 0.15) is 0 Å². The summed E-state index contributed by atoms with van der Waals surface area (Å²) in [6, 6.07) is 0. The number of hydrogen-bond donors (Lipinski definition) is 1. The van der Waals surface area contributed by atoms with E-state index in [0.717, 1.165) is 5.25 Å². The highest BCUT2D eigenvalue weighted by molar-refractivity contribution is 8.00. The highest BCUT2D eigenvalue weighted by Crippen LogP contribution is 2.25. The Labute approximate surface area is 113 Å². The first-order valence-electron chi connectivity index (χ1n) is 7.76. The fourth-order valence-corrected chi connectivity index (χ4v) is 3.69. The van der Waals surface area contributed by atoms with Gasteiger partial charge in [0.05, 0.1) is 0 Å². The lowest BCUT2D eigenvalue weighted by Crippen LogP contribution is -2.24. The van der Waals surface area contributed by atoms with E-state index in [9.17, 15) is 0 Å². The van der Waals surface area contributed by atoms with Crippen LogP contribution in [0.4, 0.5) is 0 Å². The number of rotatable bonds is 11. The molecule has 0 saturated carbocycles. The number of hydrogen-bond acceptors (Lipinski definition) is 2. The quantitative estimate of drug-likeness (QED) is 0.542. The minimum absolute atomic E-state index is 0.920. The van der Waals surface area contributed by atoms with E-state index >= 15 is 0 Å². The summed E-state index contributed by atoms with van der Waals surface area (Å²) in [4.78, 5) is 0. The Hall–Kier alpha value is 0.310. The van der Waals surface area contributed by atoms with Crippen molar-refractivity contribution in [3.63, 3.8) is 0 Å². The first kappa shape index (κ1) is 15.4. The van der Waals surface area contributed by atoms with Crippen molar-refractivity contribution in [1.29, 1.82) is 0 Å². The molecule has 1 fully saturated rings. The van der Waals surface area contributed by atoms with Gasteiger partial charge in [0.25, 0.3) is 0 Å². The van der Waals surface area contributed by atoms with Gasteiger partial charge in [-0.05, 0) is 31.6 Å². The second-order valence-corrected chi connectivity index (χ2v) is 6.72. The molecule has 0 bridgehead atoms. The molecule has 1 aliphatic heterocycles. The Morgan fingerprint density at radius 2 is 1.71 bits per heavy atom. The molecule has 0 spiro atoms. The van der Waals surface area contributed by atoms with E-state index in [2.05, 4.69) is 24.0 Å². The molecule has 2 heteroatoms. The molecule has 1 saturated heterocycles. The average Bonchev–Trinajstić information content (AvgIpc) is 2.85. The summed E-state index contributed by atoms with van der Waals surface area (Å²) in [5, 5.41) is 4.54. The Bertz CT molecular complexity index is 155. The maximum atomic E-state index is 3.62. The maximum Gasteiger partial charge on any atom is 0.0172 e. The van der Waals surface area contributed by atoms with Crippen molar-refractivity contribution in [3.05, 3.63) is 0 Å². The van der Waals surface area contributed by atoms with E-state index in [4.69, 9.17) is 0 Å². The Morgan fingerprint density at radius 3 is 2.35 bits per heavy atom. The van der Waals surface area contributed by atoms with Gasteiger partial charge in [0, 0.05) is 11.8 Å². The minimum Gasteiger partial charge on any atom is -0.316 e. The van der Waals surface area contributed by atoms with Gasteiger partial charge >= 0.3 is 0 Å². The summed E-state index contributed by atoms with van der Waals surface area (Å²) < 4.78 is 0. The molecule has 1 heterocycles. The number of unbranched alkanes of at least 4 members (excludes halogenated alkanes) is 7. The summed E-state index contributed by atoms with van der Waals surface area (Å²) in [5.41, 5.74) is 0. The van der Waals surface area contributed by atoms with E-state index in [1.807, 2.05) is 0 Å². The topological polar surface area (TPSA) is 12.0 Å². The summed E-state index contributed by atoms with van der Waals surface area (Å²) in [5.74, 6) is 1.39. The lowest BCUT2D eigenvalue weighted by Gasteiger charge is -2.09. The summed E-state index contributed by atoms with van der Waals surface area (Å²) >= 11 is 2.16. The van der Waals surface area contributed by atoms with Crippen molar-refractivity contribution in [2.45, 2.75) is 76.4 Å². The van der Waals surface area contributed by atoms with Gasteiger partial charge in [-0.15, -0.1) is 0 Å². The molecule has 1 atom stereocenters. The van der Waals surface area contributed by atoms with Crippen LogP contribution in [-0.2, 0) is 0 Å². The van der Waals surface area contributed by atoms with Crippen molar-refractivity contribution < 1.29 is 0 Å². The minimum atomic E-state index is 0.920. The van der Waals surface area contributed by atoms with Crippen LogP contribution in [0.1, 0.15) is 71.1 Å². The molecule has 0 radical (unpaired) electrons. The van der Waals surface area contributed by atoms with Crippen LogP contribution >= 0.6 is 11.8 Å². The van der Waals surface area contributed by atoms with E-state index in [1.54, 1.807) is 0 Å². The zero-order valence-corrected chi connectivity index (χ0v) is 12.5. The predicted octanol–water partition coefficient (Wildman–Crippen LogP) is 4.61. The van der Waals surface area contributed by atoms with Crippen molar-refractivity contribution in [1.82, 2.24) is 5.32 Å². The molecular weight excluding hydrogens is 226 g/mol. The number of nitrogens with one attached hydrogen (secondary N) is 1. The largest absolute Gasteiger partial charge is 0.316 e. The van der Waals surface area contributed by atoms with Crippen LogP contribution in [0.5, 0.6) is 0 Å². The molecule has 17 heavy (non-hydrogen) atoms. The number of thioether (sulfide) groups is 1. The van der Waals surface area contributed by atoms with E-state index in [1.165, 1.54) is 83.1 Å². The van der Waals surface area contributed by atoms with Crippen molar-refractivity contribution in [2.24, 2.45) is 0 Å². The van der Waals surface area contributed by atoms with Crippen LogP contribution in [0, 0.1) is 0 Å². The molecule has 0 aromatic rings. The lowest BCUT2D eigenvalue weighted by molar-refractivity contribution is 0.551. The third-order valence-electron chi connectivity index (χ3n) is 3.60. The summed E-state index contributed by atoms with van der Waals surface area (Å²) in [6.07, 6.45) is 14.3. The zero-order valence-electron chi connectivity index (χ0n) is 11.7. The van der Waals surface area contributed by atoms with Gasteiger partial charge in [0.2, 0.25) is 0 Å². The first-order chi connectivity index (χ1) is 8.43. The van der Waals surface area contributed by atoms with Crippen molar-refractivity contribution in [3.8, 4) is 0 Å². The predicted molar refractivity (Wildman–Crippen MR) is 81.0 cm³/mol. The van der Waals surface area contributed by atoms with Gasteiger partial charge in [-0.2, -0.15) is 11.8 Å². The van der Waals surface area contributed by atoms with E-state index < -0.39 is 0 Å². The maximum absolute atomic E-state index is 3.62. The van der Waals surface area contributed by atoms with Crippen LogP contribution < -0.4 is 5.32 Å². The Balaban J connectivity index is 1.69. The monoisotopic (exact) mass is 257 g/mol. The third kappa shape index (κ3) is 8.96. The van der Waals surface area contributed by atoms with Gasteiger partial charge in [-0.1, -0.05) is 51.9 Å². The molecule has 0 amide bonds. The molecule has 1 unspecified atom stereocenters. The van der Waals surface area contributed by atoms with Crippen LogP contribution in [0.25, 0.3) is 0 Å². The Morgan fingerprint density at radius 1 is 1.00 bits per heavy atom. The van der Waals surface area contributed by atoms with E-state index in [0.29, 0.717) is 0 Å². The van der Waals surface area contributed by atoms with Crippen molar-refractivity contribution in [2.75, 3.05) is 18.8 Å². The molecule has 0 aromatic heterocycles. The highest BCUT2D eigenvalue weighted by atomic mass is 32.2. The SMILES string of the molecule is CCCCCCCCCCNCC1CCCS1. The molecule has 102 valence electrons. The first-order valence-corrected chi connectivity index (χ1v) is 8.80. The van der Waals surface area contributed by atoms with E-state index in [-0.39, 0.29) is 0 Å². The second kappa shape index (κ2) is 11.4. The van der Waals surface area contributed by atoms with Crippen LogP contribution in [-0.4, -0.2) is 24.1 Å². The smallest absolute Gasteiger partial charge is 0.0172 e. The normalized spacial score (nSPS) is 19.9. The zero-order chi connectivity index (χ0) is 12.2. The van der Waals surface area contributed by atoms with Gasteiger partial charge in [0.15, 0.2) is 0 Å². The fourth-order valence-electron chi connectivity index (χ4n) is 2.45.